The van der Waals surface area contributed by atoms with Crippen LogP contribution in [0, 0.1) is 0 Å². The zero-order valence-corrected chi connectivity index (χ0v) is 20.7. The van der Waals surface area contributed by atoms with Crippen LogP contribution in [0.4, 0.5) is 10.5 Å². The summed E-state index contributed by atoms with van der Waals surface area (Å²) in [7, 11) is 3.46. The lowest BCUT2D eigenvalue weighted by molar-refractivity contribution is 0.0827. The smallest absolute Gasteiger partial charge is 0.324 e. The lowest BCUT2D eigenvalue weighted by atomic mass is 9.68. The fourth-order valence-corrected chi connectivity index (χ4v) is 5.26. The maximum Gasteiger partial charge on any atom is 0.324 e. The second kappa shape index (κ2) is 10.3. The number of carbonyl (C=O) groups excluding carboxylic acids is 2. The van der Waals surface area contributed by atoms with Crippen LogP contribution in [0.5, 0.6) is 0 Å². The molecule has 178 valence electrons. The van der Waals surface area contributed by atoms with Crippen molar-refractivity contribution in [3.05, 3.63) is 64.7 Å². The highest BCUT2D eigenvalue weighted by molar-refractivity contribution is 6.30. The Bertz CT molecular complexity index is 988. The lowest BCUT2D eigenvalue weighted by Crippen LogP contribution is -2.46. The Morgan fingerprint density at radius 1 is 1.12 bits per heavy atom. The van der Waals surface area contributed by atoms with Gasteiger partial charge in [-0.25, -0.2) is 4.79 Å². The molecule has 1 aliphatic heterocycles. The standard InChI is InChI=1S/C25H31ClN4O2.ClH/c1-28(2)23(31)18-6-8-21(9-7-18)29-14-15-30(24(29)32)22-10-12-25(17-27,13-11-22)19-4-3-5-20(26)16-19;/h3-9,16,22H,10-15,17,27H2,1-2H3;1H. The van der Waals surface area contributed by atoms with Crippen LogP contribution in [-0.2, 0) is 5.41 Å². The predicted molar refractivity (Wildman–Crippen MR) is 136 cm³/mol. The van der Waals surface area contributed by atoms with Crippen molar-refractivity contribution in [2.24, 2.45) is 5.73 Å². The number of hydrogen-bond acceptors (Lipinski definition) is 3. The first-order chi connectivity index (χ1) is 15.3. The highest BCUT2D eigenvalue weighted by atomic mass is 35.5. The van der Waals surface area contributed by atoms with E-state index < -0.39 is 0 Å². The summed E-state index contributed by atoms with van der Waals surface area (Å²) in [6.07, 6.45) is 3.75. The van der Waals surface area contributed by atoms with E-state index in [-0.39, 0.29) is 35.8 Å². The van der Waals surface area contributed by atoms with E-state index in [9.17, 15) is 9.59 Å². The lowest BCUT2D eigenvalue weighted by Gasteiger charge is -2.42. The van der Waals surface area contributed by atoms with Crippen LogP contribution in [0.25, 0.3) is 0 Å². The van der Waals surface area contributed by atoms with Crippen LogP contribution in [0.15, 0.2) is 48.5 Å². The summed E-state index contributed by atoms with van der Waals surface area (Å²) in [5.41, 5.74) is 8.82. The third-order valence-electron chi connectivity index (χ3n) is 7.05. The average molecular weight is 491 g/mol. The first kappa shape index (κ1) is 25.3. The zero-order chi connectivity index (χ0) is 22.9. The molecular weight excluding hydrogens is 459 g/mol. The molecule has 4 rings (SSSR count). The minimum Gasteiger partial charge on any atom is -0.345 e. The number of amides is 3. The molecule has 6 nitrogen and oxygen atoms in total. The molecule has 3 amide bonds. The van der Waals surface area contributed by atoms with E-state index >= 15 is 0 Å². The normalized spacial score (nSPS) is 22.8. The van der Waals surface area contributed by atoms with E-state index in [1.54, 1.807) is 31.1 Å². The summed E-state index contributed by atoms with van der Waals surface area (Å²) in [5, 5.41) is 0.737. The highest BCUT2D eigenvalue weighted by Gasteiger charge is 2.41. The molecule has 2 fully saturated rings. The molecule has 33 heavy (non-hydrogen) atoms. The number of rotatable bonds is 5. The molecule has 0 radical (unpaired) electrons. The summed E-state index contributed by atoms with van der Waals surface area (Å²) in [6.45, 7) is 1.96. The molecule has 0 unspecified atom stereocenters. The summed E-state index contributed by atoms with van der Waals surface area (Å²) in [5.74, 6) is -0.0452. The SMILES string of the molecule is CN(C)C(=O)c1ccc(N2CCN(C3CCC(CN)(c4cccc(Cl)c4)CC3)C2=O)cc1.Cl. The van der Waals surface area contributed by atoms with Crippen molar-refractivity contribution in [1.29, 1.82) is 0 Å². The third kappa shape index (κ3) is 4.98. The maximum atomic E-state index is 13.2. The van der Waals surface area contributed by atoms with Gasteiger partial charge in [0.05, 0.1) is 0 Å². The van der Waals surface area contributed by atoms with Crippen molar-refractivity contribution < 1.29 is 9.59 Å². The zero-order valence-electron chi connectivity index (χ0n) is 19.2. The Morgan fingerprint density at radius 2 is 1.79 bits per heavy atom. The number of anilines is 1. The van der Waals surface area contributed by atoms with Crippen LogP contribution in [0.3, 0.4) is 0 Å². The van der Waals surface area contributed by atoms with Crippen LogP contribution >= 0.6 is 24.0 Å². The Kier molecular flexibility index (Phi) is 7.93. The van der Waals surface area contributed by atoms with Gasteiger partial charge in [-0.3, -0.25) is 9.69 Å². The number of hydrogen-bond donors (Lipinski definition) is 1. The molecule has 1 aliphatic carbocycles. The molecule has 1 heterocycles. The number of benzene rings is 2. The van der Waals surface area contributed by atoms with Crippen LogP contribution in [0.1, 0.15) is 41.6 Å². The van der Waals surface area contributed by atoms with Gasteiger partial charge in [0, 0.05) is 61.5 Å². The summed E-state index contributed by atoms with van der Waals surface area (Å²) < 4.78 is 0. The molecule has 2 aliphatic rings. The van der Waals surface area contributed by atoms with Gasteiger partial charge in [0.25, 0.3) is 5.91 Å². The van der Waals surface area contributed by atoms with Crippen molar-refractivity contribution in [2.45, 2.75) is 37.1 Å². The van der Waals surface area contributed by atoms with E-state index in [1.165, 1.54) is 5.56 Å². The molecular formula is C25H32Cl2N4O2. The number of nitrogens with zero attached hydrogens (tertiary/aromatic N) is 3. The monoisotopic (exact) mass is 490 g/mol. The number of urea groups is 1. The summed E-state index contributed by atoms with van der Waals surface area (Å²) >= 11 is 6.23. The molecule has 1 saturated carbocycles. The van der Waals surface area contributed by atoms with Crippen molar-refractivity contribution in [3.63, 3.8) is 0 Å². The van der Waals surface area contributed by atoms with Crippen LogP contribution in [0.2, 0.25) is 5.02 Å². The molecule has 0 atom stereocenters. The van der Waals surface area contributed by atoms with Crippen molar-refractivity contribution in [2.75, 3.05) is 38.6 Å². The first-order valence-electron chi connectivity index (χ1n) is 11.2. The number of carbonyl (C=O) groups is 2. The Labute approximate surface area is 207 Å². The molecule has 2 aromatic rings. The molecule has 0 aromatic heterocycles. The number of nitrogens with two attached hydrogens (primary N) is 1. The van der Waals surface area contributed by atoms with E-state index in [2.05, 4.69) is 6.07 Å². The van der Waals surface area contributed by atoms with Gasteiger partial charge in [-0.15, -0.1) is 12.4 Å². The molecule has 0 bridgehead atoms. The topological polar surface area (TPSA) is 69.9 Å². The average Bonchev–Trinajstić information content (AvgIpc) is 3.20. The van der Waals surface area contributed by atoms with E-state index in [0.717, 1.165) is 36.4 Å². The van der Waals surface area contributed by atoms with E-state index in [0.29, 0.717) is 25.2 Å². The Hall–Kier alpha value is -2.28. The molecule has 8 heteroatoms. The molecule has 1 saturated heterocycles. The molecule has 2 N–H and O–H groups in total. The quantitative estimate of drug-likeness (QED) is 0.668. The van der Waals surface area contributed by atoms with Gasteiger partial charge in [-0.1, -0.05) is 23.7 Å². The Morgan fingerprint density at radius 3 is 2.36 bits per heavy atom. The van der Waals surface area contributed by atoms with Crippen LogP contribution < -0.4 is 10.6 Å². The molecule has 0 spiro atoms. The summed E-state index contributed by atoms with van der Waals surface area (Å²) in [6, 6.07) is 15.6. The second-order valence-electron chi connectivity index (χ2n) is 9.10. The van der Waals surface area contributed by atoms with Crippen molar-refractivity contribution in [3.8, 4) is 0 Å². The first-order valence-corrected chi connectivity index (χ1v) is 11.6. The van der Waals surface area contributed by atoms with Crippen molar-refractivity contribution >= 4 is 41.6 Å². The van der Waals surface area contributed by atoms with Gasteiger partial charge in [-0.2, -0.15) is 0 Å². The van der Waals surface area contributed by atoms with Gasteiger partial charge in [0.15, 0.2) is 0 Å². The summed E-state index contributed by atoms with van der Waals surface area (Å²) in [4.78, 5) is 30.7. The largest absolute Gasteiger partial charge is 0.345 e. The van der Waals surface area contributed by atoms with E-state index in [1.807, 2.05) is 40.1 Å². The maximum absolute atomic E-state index is 13.2. The predicted octanol–water partition coefficient (Wildman–Crippen LogP) is 4.54. The highest BCUT2D eigenvalue weighted by Crippen LogP contribution is 2.41. The fourth-order valence-electron chi connectivity index (χ4n) is 5.07. The molecule has 2 aromatic carbocycles. The fraction of sp³-hybridized carbons (Fsp3) is 0.440. The minimum absolute atomic E-state index is 0. The van der Waals surface area contributed by atoms with Gasteiger partial charge in [0.1, 0.15) is 0 Å². The van der Waals surface area contributed by atoms with E-state index in [4.69, 9.17) is 17.3 Å². The van der Waals surface area contributed by atoms with Gasteiger partial charge >= 0.3 is 6.03 Å². The van der Waals surface area contributed by atoms with Gasteiger partial charge < -0.3 is 15.5 Å². The number of halogens is 2. The van der Waals surface area contributed by atoms with Gasteiger partial charge in [0.2, 0.25) is 0 Å². The second-order valence-corrected chi connectivity index (χ2v) is 9.54. The third-order valence-corrected chi connectivity index (χ3v) is 7.29. The van der Waals surface area contributed by atoms with Gasteiger partial charge in [-0.05, 0) is 67.6 Å². The van der Waals surface area contributed by atoms with Crippen LogP contribution in [-0.4, -0.2) is 61.5 Å². The van der Waals surface area contributed by atoms with Crippen molar-refractivity contribution in [1.82, 2.24) is 9.80 Å². The minimum atomic E-state index is -0.0708. The Balaban J connectivity index is 0.00000306.